The van der Waals surface area contributed by atoms with Gasteiger partial charge in [-0.2, -0.15) is 0 Å². The summed E-state index contributed by atoms with van der Waals surface area (Å²) in [5, 5.41) is 6.34. The van der Waals surface area contributed by atoms with Gasteiger partial charge in [0.25, 0.3) is 0 Å². The van der Waals surface area contributed by atoms with Crippen LogP contribution >= 0.6 is 23.8 Å². The Morgan fingerprint density at radius 1 is 1.12 bits per heavy atom. The maximum absolute atomic E-state index is 11.8. The number of halogens is 1. The number of aryl methyl sites for hydroxylation is 1. The van der Waals surface area contributed by atoms with Gasteiger partial charge in [0.15, 0.2) is 5.11 Å². The monoisotopic (exact) mass is 364 g/mol. The van der Waals surface area contributed by atoms with Crippen molar-refractivity contribution in [3.05, 3.63) is 53.1 Å². The molecule has 0 unspecified atom stereocenters. The number of methoxy groups -OCH3 is 1. The molecule has 24 heavy (non-hydrogen) atoms. The summed E-state index contributed by atoms with van der Waals surface area (Å²) in [5.74, 6) is 0.646. The SMILES string of the molecule is COc1ccc(C)cc1NC(=S)NNC(=O)Nc1cccc(Cl)c1. The van der Waals surface area contributed by atoms with E-state index in [-0.39, 0.29) is 5.11 Å². The first-order chi connectivity index (χ1) is 11.5. The zero-order chi connectivity index (χ0) is 17.5. The molecule has 0 aliphatic carbocycles. The van der Waals surface area contributed by atoms with Gasteiger partial charge < -0.3 is 15.4 Å². The second-order valence-electron chi connectivity index (χ2n) is 4.87. The number of hydrogen-bond donors (Lipinski definition) is 4. The first-order valence-electron chi connectivity index (χ1n) is 7.02. The van der Waals surface area contributed by atoms with E-state index in [0.717, 1.165) is 5.56 Å². The number of hydrazine groups is 1. The van der Waals surface area contributed by atoms with Crippen LogP contribution in [0.4, 0.5) is 16.2 Å². The van der Waals surface area contributed by atoms with E-state index in [0.29, 0.717) is 22.1 Å². The molecular weight excluding hydrogens is 348 g/mol. The Hall–Kier alpha value is -2.51. The number of hydrogen-bond acceptors (Lipinski definition) is 3. The molecule has 2 amide bonds. The molecule has 0 atom stereocenters. The highest BCUT2D eigenvalue weighted by Crippen LogP contribution is 2.24. The summed E-state index contributed by atoms with van der Waals surface area (Å²) in [6.07, 6.45) is 0. The van der Waals surface area contributed by atoms with Crippen molar-refractivity contribution in [2.45, 2.75) is 6.92 Å². The zero-order valence-corrected chi connectivity index (χ0v) is 14.7. The summed E-state index contributed by atoms with van der Waals surface area (Å²) in [4.78, 5) is 11.8. The van der Waals surface area contributed by atoms with Gasteiger partial charge in [0.2, 0.25) is 0 Å². The third-order valence-corrected chi connectivity index (χ3v) is 3.41. The lowest BCUT2D eigenvalue weighted by Gasteiger charge is -2.15. The van der Waals surface area contributed by atoms with Crippen molar-refractivity contribution in [1.29, 1.82) is 0 Å². The number of nitrogens with one attached hydrogen (secondary N) is 4. The van der Waals surface area contributed by atoms with E-state index in [4.69, 9.17) is 28.6 Å². The van der Waals surface area contributed by atoms with Crippen LogP contribution < -0.4 is 26.2 Å². The smallest absolute Gasteiger partial charge is 0.337 e. The molecule has 2 rings (SSSR count). The fourth-order valence-electron chi connectivity index (χ4n) is 1.92. The molecule has 0 bridgehead atoms. The number of rotatable bonds is 3. The molecule has 2 aromatic carbocycles. The molecule has 0 saturated heterocycles. The number of amides is 2. The summed E-state index contributed by atoms with van der Waals surface area (Å²) in [7, 11) is 1.57. The Kier molecular flexibility index (Phi) is 6.22. The molecule has 4 N–H and O–H groups in total. The molecule has 0 spiro atoms. The Morgan fingerprint density at radius 2 is 1.92 bits per heavy atom. The average Bonchev–Trinajstić information content (AvgIpc) is 2.53. The van der Waals surface area contributed by atoms with Crippen LogP contribution in [-0.4, -0.2) is 18.3 Å². The highest BCUT2D eigenvalue weighted by atomic mass is 35.5. The van der Waals surface area contributed by atoms with Crippen molar-refractivity contribution < 1.29 is 9.53 Å². The first-order valence-corrected chi connectivity index (χ1v) is 7.81. The number of thiocarbonyl (C=S) groups is 1. The lowest BCUT2D eigenvalue weighted by Crippen LogP contribution is -2.45. The van der Waals surface area contributed by atoms with Gasteiger partial charge in [0.05, 0.1) is 12.8 Å². The van der Waals surface area contributed by atoms with Crippen LogP contribution in [0.15, 0.2) is 42.5 Å². The molecule has 0 fully saturated rings. The van der Waals surface area contributed by atoms with E-state index >= 15 is 0 Å². The van der Waals surface area contributed by atoms with E-state index < -0.39 is 6.03 Å². The molecule has 0 heterocycles. The maximum Gasteiger partial charge on any atom is 0.337 e. The molecule has 0 aliphatic rings. The standard InChI is InChI=1S/C16H17ClN4O2S/c1-10-6-7-14(23-2)13(8-10)19-16(24)21-20-15(22)18-12-5-3-4-11(17)9-12/h3-9H,1-2H3,(H2,18,20,22)(H2,19,21,24). The Labute approximate surface area is 150 Å². The largest absolute Gasteiger partial charge is 0.495 e. The summed E-state index contributed by atoms with van der Waals surface area (Å²) in [6.45, 7) is 1.96. The fraction of sp³-hybridized carbons (Fsp3) is 0.125. The van der Waals surface area contributed by atoms with Crippen molar-refractivity contribution in [3.8, 4) is 5.75 Å². The van der Waals surface area contributed by atoms with E-state index in [1.54, 1.807) is 31.4 Å². The van der Waals surface area contributed by atoms with Crippen LogP contribution in [0, 0.1) is 6.92 Å². The second-order valence-corrected chi connectivity index (χ2v) is 5.72. The highest BCUT2D eigenvalue weighted by Gasteiger charge is 2.07. The Morgan fingerprint density at radius 3 is 2.62 bits per heavy atom. The van der Waals surface area contributed by atoms with Gasteiger partial charge in [-0.25, -0.2) is 10.2 Å². The number of anilines is 2. The van der Waals surface area contributed by atoms with Gasteiger partial charge in [0.1, 0.15) is 5.75 Å². The fourth-order valence-corrected chi connectivity index (χ4v) is 2.27. The number of urea groups is 1. The third-order valence-electron chi connectivity index (χ3n) is 2.98. The molecule has 0 saturated carbocycles. The van der Waals surface area contributed by atoms with Gasteiger partial charge >= 0.3 is 6.03 Å². The third kappa shape index (κ3) is 5.29. The van der Waals surface area contributed by atoms with Crippen molar-refractivity contribution >= 4 is 46.3 Å². The molecule has 0 aromatic heterocycles. The number of benzene rings is 2. The summed E-state index contributed by atoms with van der Waals surface area (Å²) < 4.78 is 5.25. The maximum atomic E-state index is 11.8. The molecule has 6 nitrogen and oxygen atoms in total. The molecular formula is C16H17ClN4O2S. The van der Waals surface area contributed by atoms with Crippen LogP contribution in [0.2, 0.25) is 5.02 Å². The van der Waals surface area contributed by atoms with Gasteiger partial charge in [-0.1, -0.05) is 23.7 Å². The summed E-state index contributed by atoms with van der Waals surface area (Å²) >= 11 is 11.0. The Balaban J connectivity index is 1.87. The van der Waals surface area contributed by atoms with Gasteiger partial charge in [-0.15, -0.1) is 0 Å². The molecule has 8 heteroatoms. The minimum absolute atomic E-state index is 0.222. The number of ether oxygens (including phenoxy) is 1. The lowest BCUT2D eigenvalue weighted by molar-refractivity contribution is 0.250. The molecule has 0 aliphatic heterocycles. The minimum Gasteiger partial charge on any atom is -0.495 e. The van der Waals surface area contributed by atoms with Gasteiger partial charge in [0, 0.05) is 10.7 Å². The average molecular weight is 365 g/mol. The van der Waals surface area contributed by atoms with Crippen LogP contribution in [0.3, 0.4) is 0 Å². The van der Waals surface area contributed by atoms with Gasteiger partial charge in [-0.05, 0) is 55.0 Å². The van der Waals surface area contributed by atoms with Crippen molar-refractivity contribution in [1.82, 2.24) is 10.9 Å². The molecule has 2 aromatic rings. The van der Waals surface area contributed by atoms with Crippen molar-refractivity contribution in [2.75, 3.05) is 17.7 Å². The van der Waals surface area contributed by atoms with Crippen molar-refractivity contribution in [2.24, 2.45) is 0 Å². The van der Waals surface area contributed by atoms with E-state index in [1.165, 1.54) is 0 Å². The second kappa shape index (κ2) is 8.37. The van der Waals surface area contributed by atoms with E-state index in [9.17, 15) is 4.79 Å². The van der Waals surface area contributed by atoms with Crippen LogP contribution in [-0.2, 0) is 0 Å². The summed E-state index contributed by atoms with van der Waals surface area (Å²) in [6, 6.07) is 12.0. The topological polar surface area (TPSA) is 74.4 Å². The normalized spacial score (nSPS) is 9.79. The number of carbonyl (C=O) groups excluding carboxylic acids is 1. The van der Waals surface area contributed by atoms with E-state index in [1.807, 2.05) is 25.1 Å². The van der Waals surface area contributed by atoms with Crippen molar-refractivity contribution in [3.63, 3.8) is 0 Å². The van der Waals surface area contributed by atoms with Crippen LogP contribution in [0.1, 0.15) is 5.56 Å². The lowest BCUT2D eigenvalue weighted by atomic mass is 10.2. The highest BCUT2D eigenvalue weighted by molar-refractivity contribution is 7.80. The minimum atomic E-state index is -0.474. The predicted molar refractivity (Wildman–Crippen MR) is 101 cm³/mol. The van der Waals surface area contributed by atoms with Crippen LogP contribution in [0.5, 0.6) is 5.75 Å². The molecule has 0 radical (unpaired) electrons. The Bertz CT molecular complexity index is 755. The summed E-state index contributed by atoms with van der Waals surface area (Å²) in [5.41, 5.74) is 7.36. The van der Waals surface area contributed by atoms with Gasteiger partial charge in [-0.3, -0.25) is 5.43 Å². The van der Waals surface area contributed by atoms with E-state index in [2.05, 4.69) is 21.5 Å². The van der Waals surface area contributed by atoms with Crippen LogP contribution in [0.25, 0.3) is 0 Å². The zero-order valence-electron chi connectivity index (χ0n) is 13.1. The quantitative estimate of drug-likeness (QED) is 0.494. The first kappa shape index (κ1) is 17.8. The number of carbonyl (C=O) groups is 1. The predicted octanol–water partition coefficient (Wildman–Crippen LogP) is 3.68. The molecule has 126 valence electrons.